The molecule has 5 rings (SSSR count). The fourth-order valence-electron chi connectivity index (χ4n) is 4.24. The Kier molecular flexibility index (Phi) is 10.2. The molecular formula is C30H33ClFN7O. The summed E-state index contributed by atoms with van der Waals surface area (Å²) < 4.78 is 18.5. The van der Waals surface area contributed by atoms with E-state index in [4.69, 9.17) is 17.3 Å². The first-order valence-corrected chi connectivity index (χ1v) is 13.2. The summed E-state index contributed by atoms with van der Waals surface area (Å²) in [4.78, 5) is 17.4. The highest BCUT2D eigenvalue weighted by atomic mass is 35.5. The van der Waals surface area contributed by atoms with Gasteiger partial charge >= 0.3 is 0 Å². The Morgan fingerprint density at radius 2 is 1.88 bits per heavy atom. The molecule has 0 aliphatic rings. The molecular weight excluding hydrogens is 529 g/mol. The molecule has 0 atom stereocenters. The summed E-state index contributed by atoms with van der Waals surface area (Å²) in [5.74, 6) is -0.364. The molecule has 208 valence electrons. The van der Waals surface area contributed by atoms with Gasteiger partial charge in [-0.3, -0.25) is 19.0 Å². The molecule has 0 fully saturated rings. The highest BCUT2D eigenvalue weighted by Crippen LogP contribution is 2.27. The van der Waals surface area contributed by atoms with Crippen LogP contribution < -0.4 is 16.8 Å². The molecule has 3 heterocycles. The number of nitrogen functional groups attached to an aromatic ring is 1. The minimum Gasteiger partial charge on any atom is -0.396 e. The van der Waals surface area contributed by atoms with Crippen molar-refractivity contribution in [3.8, 4) is 16.8 Å². The lowest BCUT2D eigenvalue weighted by Crippen LogP contribution is -2.22. The fraction of sp³-hybridized carbons (Fsp3) is 0.200. The third kappa shape index (κ3) is 6.38. The van der Waals surface area contributed by atoms with Crippen LogP contribution in [0.25, 0.3) is 33.8 Å². The molecule has 0 aliphatic heterocycles. The fourth-order valence-corrected chi connectivity index (χ4v) is 4.44. The third-order valence-electron chi connectivity index (χ3n) is 5.91. The van der Waals surface area contributed by atoms with Crippen molar-refractivity contribution in [2.75, 3.05) is 12.8 Å². The summed E-state index contributed by atoms with van der Waals surface area (Å²) in [6, 6.07) is 15.5. The monoisotopic (exact) mass is 561 g/mol. The number of hydrogen-bond acceptors (Lipinski definition) is 5. The molecule has 0 saturated heterocycles. The van der Waals surface area contributed by atoms with Gasteiger partial charge in [-0.1, -0.05) is 63.2 Å². The Labute approximate surface area is 237 Å². The first-order valence-electron chi connectivity index (χ1n) is 12.8. The molecule has 0 unspecified atom stereocenters. The maximum absolute atomic E-state index is 13.8. The first-order chi connectivity index (χ1) is 19.3. The van der Waals surface area contributed by atoms with Gasteiger partial charge in [-0.25, -0.2) is 9.07 Å². The van der Waals surface area contributed by atoms with E-state index in [0.29, 0.717) is 33.8 Å². The molecule has 2 N–H and O–H groups in total. The van der Waals surface area contributed by atoms with Gasteiger partial charge in [-0.2, -0.15) is 10.2 Å². The van der Waals surface area contributed by atoms with E-state index < -0.39 is 0 Å². The summed E-state index contributed by atoms with van der Waals surface area (Å²) in [5, 5.41) is 9.94. The lowest BCUT2D eigenvalue weighted by molar-refractivity contribution is 0.626. The zero-order valence-corrected chi connectivity index (χ0v) is 24.0. The van der Waals surface area contributed by atoms with Crippen LogP contribution in [0.3, 0.4) is 0 Å². The van der Waals surface area contributed by atoms with Crippen molar-refractivity contribution in [1.82, 2.24) is 24.1 Å². The molecule has 5 aromatic rings. The standard InChI is InChI=1S/C21H18FN3O.C7H9ClN4.C2H6/c1-3-17-10-14-6-4-9-19(15-12-23-24(2)13-15)20(14)21(26)25(17)18-8-5-7-16(22)11-18;1-3-12-7(10-2)5(9)4-6(8)11-12;1-2/h4-13H,3H2,1-2H3;3-4H,1,9H2,2H3;1-2H3. The molecule has 3 aromatic heterocycles. The van der Waals surface area contributed by atoms with E-state index in [1.807, 2.05) is 58.3 Å². The quantitative estimate of drug-likeness (QED) is 0.297. The average molecular weight is 562 g/mol. The minimum absolute atomic E-state index is 0.149. The van der Waals surface area contributed by atoms with Gasteiger partial charge < -0.3 is 5.73 Å². The summed E-state index contributed by atoms with van der Waals surface area (Å²) in [6.45, 7) is 9.54. The van der Waals surface area contributed by atoms with Crippen molar-refractivity contribution in [3.05, 3.63) is 106 Å². The zero-order chi connectivity index (χ0) is 29.4. The number of anilines is 1. The SMILES string of the molecule is C=Cn1nc(Cl)cc(N)c1=NC.CC.CCc1cc2cccc(-c3cnn(C)c3)c2c(=O)n1-c1cccc(F)c1. The number of benzene rings is 2. The Hall–Kier alpha value is -4.50. The molecule has 10 heteroatoms. The summed E-state index contributed by atoms with van der Waals surface area (Å²) in [6.07, 6.45) is 5.78. The van der Waals surface area contributed by atoms with Crippen LogP contribution in [0.5, 0.6) is 0 Å². The maximum atomic E-state index is 13.8. The Morgan fingerprint density at radius 3 is 2.48 bits per heavy atom. The van der Waals surface area contributed by atoms with Crippen molar-refractivity contribution in [2.24, 2.45) is 12.0 Å². The van der Waals surface area contributed by atoms with Gasteiger partial charge in [-0.15, -0.1) is 0 Å². The smallest absolute Gasteiger partial charge is 0.263 e. The van der Waals surface area contributed by atoms with Gasteiger partial charge in [0.15, 0.2) is 10.6 Å². The van der Waals surface area contributed by atoms with Crippen molar-refractivity contribution in [3.63, 3.8) is 0 Å². The molecule has 0 saturated carbocycles. The van der Waals surface area contributed by atoms with E-state index in [-0.39, 0.29) is 11.4 Å². The summed E-state index contributed by atoms with van der Waals surface area (Å²) >= 11 is 5.66. The summed E-state index contributed by atoms with van der Waals surface area (Å²) in [5.41, 5.74) is 9.59. The molecule has 0 bridgehead atoms. The van der Waals surface area contributed by atoms with E-state index in [1.165, 1.54) is 23.0 Å². The zero-order valence-electron chi connectivity index (χ0n) is 23.3. The number of fused-ring (bicyclic) bond motifs is 1. The van der Waals surface area contributed by atoms with Crippen LogP contribution in [0.4, 0.5) is 10.1 Å². The van der Waals surface area contributed by atoms with Gasteiger partial charge in [0, 0.05) is 43.8 Å². The van der Waals surface area contributed by atoms with Gasteiger partial charge in [0.25, 0.3) is 5.56 Å². The maximum Gasteiger partial charge on any atom is 0.263 e. The number of nitrogens with two attached hydrogens (primary N) is 1. The molecule has 0 amide bonds. The van der Waals surface area contributed by atoms with Crippen LogP contribution in [0.1, 0.15) is 26.5 Å². The Morgan fingerprint density at radius 1 is 1.15 bits per heavy atom. The van der Waals surface area contributed by atoms with Gasteiger partial charge in [0.1, 0.15) is 5.82 Å². The predicted molar refractivity (Wildman–Crippen MR) is 162 cm³/mol. The van der Waals surface area contributed by atoms with Crippen LogP contribution in [0.15, 0.2) is 83.4 Å². The molecule has 0 spiro atoms. The number of aryl methyl sites for hydroxylation is 2. The topological polar surface area (TPSA) is 96.0 Å². The van der Waals surface area contributed by atoms with Crippen LogP contribution in [0.2, 0.25) is 5.15 Å². The van der Waals surface area contributed by atoms with Crippen molar-refractivity contribution >= 4 is 34.3 Å². The normalized spacial score (nSPS) is 10.9. The van der Waals surface area contributed by atoms with E-state index in [2.05, 4.69) is 21.8 Å². The molecule has 0 aliphatic carbocycles. The van der Waals surface area contributed by atoms with Crippen LogP contribution >= 0.6 is 11.6 Å². The van der Waals surface area contributed by atoms with Crippen LogP contribution in [-0.2, 0) is 13.5 Å². The number of halogens is 2. The second kappa shape index (κ2) is 13.5. The van der Waals surface area contributed by atoms with E-state index in [1.54, 1.807) is 40.7 Å². The number of nitrogens with zero attached hydrogens (tertiary/aromatic N) is 6. The molecule has 0 radical (unpaired) electrons. The lowest BCUT2D eigenvalue weighted by Gasteiger charge is -2.15. The van der Waals surface area contributed by atoms with Crippen molar-refractivity contribution in [1.29, 1.82) is 0 Å². The Bertz CT molecular complexity index is 1770. The van der Waals surface area contributed by atoms with Crippen molar-refractivity contribution < 1.29 is 4.39 Å². The predicted octanol–water partition coefficient (Wildman–Crippen LogP) is 5.87. The highest BCUT2D eigenvalue weighted by Gasteiger charge is 2.15. The highest BCUT2D eigenvalue weighted by molar-refractivity contribution is 6.29. The van der Waals surface area contributed by atoms with Crippen molar-refractivity contribution in [2.45, 2.75) is 27.2 Å². The number of aromatic nitrogens is 5. The first kappa shape index (κ1) is 30.0. The number of pyridine rings is 1. The van der Waals surface area contributed by atoms with Crippen LogP contribution in [-0.4, -0.2) is 31.2 Å². The Balaban J connectivity index is 0.000000265. The molecule has 2 aromatic carbocycles. The largest absolute Gasteiger partial charge is 0.396 e. The summed E-state index contributed by atoms with van der Waals surface area (Å²) in [7, 11) is 3.47. The second-order valence-corrected chi connectivity index (χ2v) is 8.77. The number of hydrogen-bond donors (Lipinski definition) is 1. The number of rotatable bonds is 4. The second-order valence-electron chi connectivity index (χ2n) is 8.38. The van der Waals surface area contributed by atoms with E-state index >= 15 is 0 Å². The third-order valence-corrected chi connectivity index (χ3v) is 6.09. The van der Waals surface area contributed by atoms with Gasteiger partial charge in [0.05, 0.1) is 23.0 Å². The van der Waals surface area contributed by atoms with Crippen LogP contribution in [0, 0.1) is 5.82 Å². The van der Waals surface area contributed by atoms with Gasteiger partial charge in [0.2, 0.25) is 0 Å². The minimum atomic E-state index is -0.364. The lowest BCUT2D eigenvalue weighted by atomic mass is 10.0. The van der Waals surface area contributed by atoms with Gasteiger partial charge in [-0.05, 0) is 41.6 Å². The van der Waals surface area contributed by atoms with E-state index in [0.717, 1.165) is 22.2 Å². The van der Waals surface area contributed by atoms with E-state index in [9.17, 15) is 9.18 Å². The molecule has 8 nitrogen and oxygen atoms in total. The molecule has 40 heavy (non-hydrogen) atoms. The average Bonchev–Trinajstić information content (AvgIpc) is 3.39.